The molecule has 0 saturated heterocycles. The van der Waals surface area contributed by atoms with Crippen molar-refractivity contribution in [3.05, 3.63) is 41.4 Å². The molecule has 0 radical (unpaired) electrons. The van der Waals surface area contributed by atoms with E-state index < -0.39 is 0 Å². The molecular weight excluding hydrogens is 188 g/mol. The number of ketones is 1. The second-order valence-electron chi connectivity index (χ2n) is 2.36. The van der Waals surface area contributed by atoms with Crippen LogP contribution in [0.25, 0.3) is 0 Å². The number of hydrogen-bond acceptors (Lipinski definition) is 2. The molecule has 1 aromatic rings. The lowest BCUT2D eigenvalue weighted by Crippen LogP contribution is -1.97. The summed E-state index contributed by atoms with van der Waals surface area (Å²) < 4.78 is 5.01. The van der Waals surface area contributed by atoms with Crippen LogP contribution in [0.3, 0.4) is 0 Å². The zero-order valence-electron chi connectivity index (χ0n) is 7.16. The van der Waals surface area contributed by atoms with Gasteiger partial charge in [0.2, 0.25) is 0 Å². The molecule has 1 aromatic carbocycles. The lowest BCUT2D eigenvalue weighted by Gasteiger charge is -2.03. The van der Waals surface area contributed by atoms with Gasteiger partial charge < -0.3 is 4.74 Å². The number of allylic oxidation sites excluding steroid dienone is 1. The lowest BCUT2D eigenvalue weighted by atomic mass is 10.1. The van der Waals surface area contributed by atoms with Gasteiger partial charge >= 0.3 is 0 Å². The second-order valence-corrected chi connectivity index (χ2v) is 2.61. The van der Waals surface area contributed by atoms with Crippen molar-refractivity contribution in [1.29, 1.82) is 0 Å². The minimum atomic E-state index is -0.160. The molecule has 0 bridgehead atoms. The summed E-state index contributed by atoms with van der Waals surface area (Å²) in [5.74, 6) is 0.398. The Bertz CT molecular complexity index is 331. The van der Waals surface area contributed by atoms with E-state index in [9.17, 15) is 4.79 Å². The van der Waals surface area contributed by atoms with Gasteiger partial charge in [-0.3, -0.25) is 4.79 Å². The van der Waals surface area contributed by atoms with E-state index in [1.165, 1.54) is 18.7 Å². The van der Waals surface area contributed by atoms with E-state index in [1.807, 2.05) is 0 Å². The van der Waals surface area contributed by atoms with Crippen LogP contribution in [0.2, 0.25) is 0 Å². The predicted molar refractivity (Wildman–Crippen MR) is 52.3 cm³/mol. The maximum Gasteiger partial charge on any atom is 0.190 e. The van der Waals surface area contributed by atoms with Crippen molar-refractivity contribution < 1.29 is 9.53 Å². The van der Waals surface area contributed by atoms with Crippen LogP contribution in [0.5, 0.6) is 5.75 Å². The van der Waals surface area contributed by atoms with Crippen LogP contribution < -0.4 is 4.74 Å². The largest absolute Gasteiger partial charge is 0.496 e. The zero-order valence-corrected chi connectivity index (χ0v) is 7.91. The Morgan fingerprint density at radius 2 is 2.15 bits per heavy atom. The van der Waals surface area contributed by atoms with Crippen molar-refractivity contribution in [3.8, 4) is 5.75 Å². The lowest BCUT2D eigenvalue weighted by molar-refractivity contribution is 0.104. The number of halogens is 1. The van der Waals surface area contributed by atoms with Crippen molar-refractivity contribution in [2.24, 2.45) is 0 Å². The number of para-hydroxylation sites is 1. The fraction of sp³-hybridized carbons (Fsp3) is 0.100. The van der Waals surface area contributed by atoms with Gasteiger partial charge in [-0.1, -0.05) is 23.7 Å². The second kappa shape index (κ2) is 4.67. The van der Waals surface area contributed by atoms with E-state index in [4.69, 9.17) is 16.3 Å². The average molecular weight is 197 g/mol. The Kier molecular flexibility index (Phi) is 3.53. The van der Waals surface area contributed by atoms with Gasteiger partial charge in [-0.25, -0.2) is 0 Å². The summed E-state index contributed by atoms with van der Waals surface area (Å²) in [7, 11) is 1.52. The number of carbonyl (C=O) groups is 1. The highest BCUT2D eigenvalue weighted by Gasteiger charge is 2.07. The van der Waals surface area contributed by atoms with Crippen LogP contribution in [-0.2, 0) is 0 Å². The monoisotopic (exact) mass is 196 g/mol. The highest BCUT2D eigenvalue weighted by Crippen LogP contribution is 2.17. The molecule has 0 aliphatic heterocycles. The summed E-state index contributed by atoms with van der Waals surface area (Å²) in [6, 6.07) is 7.01. The quantitative estimate of drug-likeness (QED) is 0.549. The van der Waals surface area contributed by atoms with E-state index in [0.29, 0.717) is 11.3 Å². The molecule has 0 spiro atoms. The van der Waals surface area contributed by atoms with E-state index in [0.717, 1.165) is 0 Å². The third-order valence-electron chi connectivity index (χ3n) is 1.59. The first-order valence-electron chi connectivity index (χ1n) is 3.73. The van der Waals surface area contributed by atoms with Gasteiger partial charge in [-0.2, -0.15) is 0 Å². The molecule has 0 saturated carbocycles. The minimum absolute atomic E-state index is 0.160. The van der Waals surface area contributed by atoms with Gasteiger partial charge in [-0.15, -0.1) is 0 Å². The minimum Gasteiger partial charge on any atom is -0.496 e. The number of hydrogen-bond donors (Lipinski definition) is 0. The van der Waals surface area contributed by atoms with Gasteiger partial charge in [-0.05, 0) is 18.2 Å². The van der Waals surface area contributed by atoms with Crippen LogP contribution in [0.15, 0.2) is 35.9 Å². The molecular formula is C10H9ClO2. The predicted octanol–water partition coefficient (Wildman–Crippen LogP) is 2.63. The molecule has 0 fully saturated rings. The first-order chi connectivity index (χ1) is 6.29. The first kappa shape index (κ1) is 9.81. The normalized spacial score (nSPS) is 10.3. The first-order valence-corrected chi connectivity index (χ1v) is 4.17. The fourth-order valence-electron chi connectivity index (χ4n) is 0.995. The van der Waals surface area contributed by atoms with Crippen LogP contribution in [0, 0.1) is 0 Å². The van der Waals surface area contributed by atoms with Crippen LogP contribution in [0.1, 0.15) is 10.4 Å². The van der Waals surface area contributed by atoms with Gasteiger partial charge in [0.1, 0.15) is 5.75 Å². The molecule has 68 valence electrons. The van der Waals surface area contributed by atoms with E-state index in [1.54, 1.807) is 24.3 Å². The van der Waals surface area contributed by atoms with Gasteiger partial charge in [0.15, 0.2) is 5.78 Å². The zero-order chi connectivity index (χ0) is 9.68. The molecule has 3 heteroatoms. The Balaban J connectivity index is 3.05. The summed E-state index contributed by atoms with van der Waals surface area (Å²) in [4.78, 5) is 11.4. The number of methoxy groups -OCH3 is 1. The third kappa shape index (κ3) is 2.33. The maximum atomic E-state index is 11.4. The van der Waals surface area contributed by atoms with Crippen LogP contribution in [0.4, 0.5) is 0 Å². The summed E-state index contributed by atoms with van der Waals surface area (Å²) in [6.07, 6.45) is 1.29. The number of rotatable bonds is 3. The fourth-order valence-corrected chi connectivity index (χ4v) is 1.11. The summed E-state index contributed by atoms with van der Waals surface area (Å²) in [5.41, 5.74) is 1.70. The van der Waals surface area contributed by atoms with Gasteiger partial charge in [0, 0.05) is 5.54 Å². The third-order valence-corrected chi connectivity index (χ3v) is 1.71. The molecule has 0 amide bonds. The molecule has 0 aliphatic carbocycles. The Morgan fingerprint density at radius 1 is 1.46 bits per heavy atom. The highest BCUT2D eigenvalue weighted by atomic mass is 35.5. The Labute approximate surface area is 81.8 Å². The van der Waals surface area contributed by atoms with Crippen LogP contribution >= 0.6 is 11.6 Å². The molecule has 0 N–H and O–H groups in total. The van der Waals surface area contributed by atoms with Crippen LogP contribution in [-0.4, -0.2) is 12.9 Å². The Morgan fingerprint density at radius 3 is 2.77 bits per heavy atom. The molecule has 2 nitrogen and oxygen atoms in total. The van der Waals surface area contributed by atoms with E-state index >= 15 is 0 Å². The van der Waals surface area contributed by atoms with Crippen molar-refractivity contribution in [2.45, 2.75) is 0 Å². The van der Waals surface area contributed by atoms with E-state index in [-0.39, 0.29) is 5.78 Å². The van der Waals surface area contributed by atoms with Gasteiger partial charge in [0.25, 0.3) is 0 Å². The summed E-state index contributed by atoms with van der Waals surface area (Å²) in [5, 5.41) is 0. The molecule has 0 atom stereocenters. The topological polar surface area (TPSA) is 26.3 Å². The number of ether oxygens (including phenoxy) is 1. The van der Waals surface area contributed by atoms with E-state index in [2.05, 4.69) is 0 Å². The average Bonchev–Trinajstić information content (AvgIpc) is 2.18. The molecule has 0 unspecified atom stereocenters. The molecule has 0 heterocycles. The molecule has 1 rings (SSSR count). The maximum absolute atomic E-state index is 11.4. The van der Waals surface area contributed by atoms with Crippen molar-refractivity contribution in [1.82, 2.24) is 0 Å². The smallest absolute Gasteiger partial charge is 0.190 e. The Hall–Kier alpha value is -1.28. The van der Waals surface area contributed by atoms with Crippen molar-refractivity contribution in [3.63, 3.8) is 0 Å². The molecule has 0 aliphatic rings. The van der Waals surface area contributed by atoms with Crippen molar-refractivity contribution in [2.75, 3.05) is 7.11 Å². The SMILES string of the molecule is COc1ccccc1C(=O)/C=C/Cl. The molecule has 0 aromatic heterocycles. The highest BCUT2D eigenvalue weighted by molar-refractivity contribution is 6.27. The van der Waals surface area contributed by atoms with Gasteiger partial charge in [0.05, 0.1) is 12.7 Å². The summed E-state index contributed by atoms with van der Waals surface area (Å²) in [6.45, 7) is 0. The summed E-state index contributed by atoms with van der Waals surface area (Å²) >= 11 is 5.30. The number of benzene rings is 1. The number of carbonyl (C=O) groups excluding carboxylic acids is 1. The molecule has 13 heavy (non-hydrogen) atoms. The van der Waals surface area contributed by atoms with Crippen molar-refractivity contribution >= 4 is 17.4 Å². The standard InChI is InChI=1S/C10H9ClO2/c1-13-10-5-3-2-4-8(10)9(12)6-7-11/h2-7H,1H3/b7-6+.